The van der Waals surface area contributed by atoms with E-state index < -0.39 is 6.10 Å². The molecule has 1 unspecified atom stereocenters. The van der Waals surface area contributed by atoms with E-state index in [-0.39, 0.29) is 64.5 Å². The quantitative estimate of drug-likeness (QED) is 0.0330. The summed E-state index contributed by atoms with van der Waals surface area (Å²) in [5.74, 6) is 5.63. The van der Waals surface area contributed by atoms with Crippen LogP contribution in [0.2, 0.25) is 0 Å². The Hall–Kier alpha value is -12.2. The van der Waals surface area contributed by atoms with Crippen LogP contribution in [0, 0.1) is 0 Å². The Morgan fingerprint density at radius 2 is 0.872 bits per heavy atom. The molecule has 0 bridgehead atoms. The molecule has 1 aromatic heterocycles. The Morgan fingerprint density at radius 3 is 1.34 bits per heavy atom. The van der Waals surface area contributed by atoms with E-state index in [2.05, 4.69) is 41.5 Å². The highest BCUT2D eigenvalue weighted by molar-refractivity contribution is 6.03. The first-order chi connectivity index (χ1) is 60.6. The number of phenols is 2. The number of carbonyl (C=O) groups is 9. The summed E-state index contributed by atoms with van der Waals surface area (Å²) in [5, 5.41) is 38.6. The highest BCUT2D eigenvalue weighted by Crippen LogP contribution is 2.39. The molecule has 1 aliphatic heterocycles. The molecule has 0 radical (unpaired) electrons. The van der Waals surface area contributed by atoms with E-state index in [1.54, 1.807) is 95.2 Å². The van der Waals surface area contributed by atoms with Gasteiger partial charge >= 0.3 is 0 Å². The van der Waals surface area contributed by atoms with Crippen molar-refractivity contribution in [3.63, 3.8) is 0 Å². The third kappa shape index (κ3) is 23.3. The molecule has 1 amide bonds. The lowest BCUT2D eigenvalue weighted by Gasteiger charge is -2.33. The fourth-order valence-corrected chi connectivity index (χ4v) is 18.3. The number of fused-ring (bicyclic) bond motifs is 8. The molecule has 1 fully saturated rings. The molecule has 6 N–H and O–H groups in total. The lowest BCUT2D eigenvalue weighted by atomic mass is 9.85. The number of rotatable bonds is 21. The number of hydrogen-bond donors (Lipinski definition) is 5. The molecule has 9 aromatic rings. The van der Waals surface area contributed by atoms with E-state index >= 15 is 0 Å². The van der Waals surface area contributed by atoms with Crippen molar-refractivity contribution in [1.29, 1.82) is 0 Å². The van der Waals surface area contributed by atoms with Gasteiger partial charge in [-0.3, -0.25) is 38.4 Å². The largest absolute Gasteiger partial charge is 0.508 e. The van der Waals surface area contributed by atoms with Gasteiger partial charge in [-0.25, -0.2) is 0 Å². The number of carbonyl (C=O) groups excluding carboxylic acids is 9. The van der Waals surface area contributed by atoms with Gasteiger partial charge in [0.1, 0.15) is 53.1 Å². The number of likely N-dealkylation sites (tertiary alicyclic amines) is 1. The molecule has 7 aliphatic carbocycles. The number of nitrogens with zero attached hydrogens (tertiary/aromatic N) is 2. The molecule has 8 aromatic carbocycles. The molecule has 17 rings (SSSR count). The van der Waals surface area contributed by atoms with E-state index in [9.17, 15) is 53.4 Å². The minimum Gasteiger partial charge on any atom is -0.508 e. The van der Waals surface area contributed by atoms with Crippen LogP contribution in [0.25, 0.3) is 10.9 Å². The minimum absolute atomic E-state index is 0.152. The highest BCUT2D eigenvalue weighted by Gasteiger charge is 2.30. The number of nitrogens with two attached hydrogens (primary N) is 1. The summed E-state index contributed by atoms with van der Waals surface area (Å²) >= 11 is 0. The summed E-state index contributed by atoms with van der Waals surface area (Å²) in [7, 11) is 6.53. The van der Waals surface area contributed by atoms with Crippen LogP contribution in [0.15, 0.2) is 165 Å². The van der Waals surface area contributed by atoms with E-state index in [1.165, 1.54) is 11.1 Å². The van der Waals surface area contributed by atoms with E-state index in [1.807, 2.05) is 66.7 Å². The van der Waals surface area contributed by atoms with Gasteiger partial charge in [-0.1, -0.05) is 30.9 Å². The molecule has 8 aliphatic rings. The minimum atomic E-state index is -0.817. The van der Waals surface area contributed by atoms with Crippen LogP contribution in [0.4, 0.5) is 0 Å². The molecule has 2 heterocycles. The Balaban J connectivity index is 0.000000146. The van der Waals surface area contributed by atoms with Crippen molar-refractivity contribution >= 4 is 63.6 Å². The SMILES string of the molecule is C=CCOc1ccc2c(c1)CCCC2=O.C=CCc1c(O)ccc2c1CCCC2=O.C=CCc1c(OC)ccc2c1CCCC2=O.COc1ccc2c(c1CC(O)CO)CCCC2=O.COc1ccc2c(c1CC=O)CCCC2=O.COc1ccc2c(c1CCN1CCC(n3ccc4ccc(C(N)=O)cc43)CC1)CCCC2=O.O=C1CCCc2cc(O)ccc21. The first kappa shape index (κ1) is 93.5. The number of amides is 1. The number of allylic oxidation sites excluding steroid dienone is 2. The number of aryl methyl sites for hydroxylation is 2. The Kier molecular flexibility index (Phi) is 34.0. The average Bonchev–Trinajstić information content (AvgIpc) is 1.18. The lowest BCUT2D eigenvalue weighted by molar-refractivity contribution is -0.107. The molecular weight excluding hydrogens is 1580 g/mol. The second kappa shape index (κ2) is 45.5. The molecule has 0 spiro atoms. The van der Waals surface area contributed by atoms with Crippen molar-refractivity contribution in [1.82, 2.24) is 9.47 Å². The number of methoxy groups -OCH3 is 4. The summed E-state index contributed by atoms with van der Waals surface area (Å²) in [6.07, 6.45) is 29.8. The van der Waals surface area contributed by atoms with Gasteiger partial charge in [0, 0.05) is 162 Å². The summed E-state index contributed by atoms with van der Waals surface area (Å²) in [5.41, 5.74) is 25.2. The number of aromatic hydroxyl groups is 2. The average molecular weight is 1700 g/mol. The number of ketones is 7. The van der Waals surface area contributed by atoms with Gasteiger partial charge in [-0.2, -0.15) is 0 Å². The highest BCUT2D eigenvalue weighted by atomic mass is 16.5. The number of aromatic nitrogens is 1. The zero-order chi connectivity index (χ0) is 89.2. The van der Waals surface area contributed by atoms with Gasteiger partial charge < -0.3 is 64.1 Å². The van der Waals surface area contributed by atoms with Crippen LogP contribution < -0.4 is 29.4 Å². The van der Waals surface area contributed by atoms with Crippen LogP contribution >= 0.6 is 0 Å². The number of phenolic OH excluding ortho intramolecular Hbond substituents is 2. The van der Waals surface area contributed by atoms with Crippen LogP contribution in [-0.4, -0.2) is 150 Å². The third-order valence-electron chi connectivity index (χ3n) is 24.6. The number of Topliss-reactive ketones (excluding diaryl/α,β-unsaturated/α-hetero) is 7. The van der Waals surface area contributed by atoms with E-state index in [0.29, 0.717) is 93.9 Å². The number of aliphatic hydroxyl groups excluding tert-OH is 2. The topological polar surface area (TPSA) is 315 Å². The maximum Gasteiger partial charge on any atom is 0.248 e. The Bertz CT molecular complexity index is 5400. The van der Waals surface area contributed by atoms with Gasteiger partial charge in [0.2, 0.25) is 5.91 Å². The fraction of sp³-hybridized carbons (Fsp3) is 0.375. The molecule has 21 heteroatoms. The summed E-state index contributed by atoms with van der Waals surface area (Å²) in [6, 6.07) is 37.0. The molecular formula is C104H117N3O18. The van der Waals surface area contributed by atoms with Gasteiger partial charge in [0.15, 0.2) is 40.5 Å². The molecule has 21 nitrogen and oxygen atoms in total. The van der Waals surface area contributed by atoms with Gasteiger partial charge in [-0.05, 0) is 287 Å². The molecule has 1 saturated heterocycles. The smallest absolute Gasteiger partial charge is 0.248 e. The number of aliphatic hydroxyl groups is 2. The van der Waals surface area contributed by atoms with Gasteiger partial charge in [-0.15, -0.1) is 13.2 Å². The van der Waals surface area contributed by atoms with Crippen molar-refractivity contribution in [3.8, 4) is 40.2 Å². The Labute approximate surface area is 732 Å². The van der Waals surface area contributed by atoms with E-state index in [0.717, 1.165) is 264 Å². The number of benzene rings is 8. The maximum absolute atomic E-state index is 12.4. The standard InChI is InChI=1S/C27H31N3O3.C14H18O4.C14H16O2.C13H14O3.2C13H14O2.C10H10O2/c1-33-26-8-7-22-21(3-2-4-25(22)31)23(26)12-15-29-13-10-20(11-14-29)30-16-9-18-5-6-19(27(28)32)17-24(18)30;1-18-14-6-5-11-10(3-2-4-13(11)17)12(14)7-9(16)8-15;1-3-5-12-10-6-4-7-13(15)11(10)8-9-14(12)16-2;1-16-13-6-5-10-9(11(13)7-8-14)3-2-4-12(10)15;1-2-8-15-11-6-7-12-10(9-11)4-3-5-13(12)14;1-2-4-10-9-5-3-6-12(14)11(9)7-8-13(10)15;11-8-4-5-9-7(6-8)2-1-3-10(9)12/h5-9,16-17,20H,2-4,10-15H2,1H3,(H2,28,32);5-6,9,15-16H,2-4,7-8H2,1H3;3,8-9H,1,4-7H2,2H3;5-6,8H,2-4,7H2,1H3;2,6-7,9H,1,3-5,8H2;2,7-8,15H,1,3-6H2;4-6,11H,1-3H2. The predicted octanol–water partition coefficient (Wildman–Crippen LogP) is 17.5. The zero-order valence-corrected chi connectivity index (χ0v) is 72.5. The molecule has 656 valence electrons. The van der Waals surface area contributed by atoms with Crippen LogP contribution in [0.5, 0.6) is 40.2 Å². The normalized spacial score (nSPS) is 15.6. The molecule has 0 saturated carbocycles. The predicted molar refractivity (Wildman–Crippen MR) is 484 cm³/mol. The van der Waals surface area contributed by atoms with Crippen LogP contribution in [0.3, 0.4) is 0 Å². The first-order valence-electron chi connectivity index (χ1n) is 43.7. The van der Waals surface area contributed by atoms with Crippen molar-refractivity contribution in [2.45, 2.75) is 192 Å². The van der Waals surface area contributed by atoms with Crippen molar-refractivity contribution < 1.29 is 87.3 Å². The van der Waals surface area contributed by atoms with Crippen LogP contribution in [-0.2, 0) is 81.8 Å². The number of ether oxygens (including phenoxy) is 5. The van der Waals surface area contributed by atoms with Gasteiger partial charge in [0.25, 0.3) is 0 Å². The second-order valence-corrected chi connectivity index (χ2v) is 32.5. The zero-order valence-electron chi connectivity index (χ0n) is 72.5. The second-order valence-electron chi connectivity index (χ2n) is 32.5. The third-order valence-corrected chi connectivity index (χ3v) is 24.6. The molecule has 1 atom stereocenters. The number of hydrogen-bond acceptors (Lipinski definition) is 19. The van der Waals surface area contributed by atoms with Crippen molar-refractivity contribution in [2.24, 2.45) is 5.73 Å². The first-order valence-corrected chi connectivity index (χ1v) is 43.7. The van der Waals surface area contributed by atoms with E-state index in [4.69, 9.17) is 39.6 Å². The number of aldehydes is 1. The summed E-state index contributed by atoms with van der Waals surface area (Å²) in [4.78, 5) is 107. The fourth-order valence-electron chi connectivity index (χ4n) is 18.3. The lowest BCUT2D eigenvalue weighted by Crippen LogP contribution is -2.36. The van der Waals surface area contributed by atoms with Crippen LogP contribution in [0.1, 0.15) is 258 Å². The van der Waals surface area contributed by atoms with Crippen molar-refractivity contribution in [3.05, 3.63) is 277 Å². The Morgan fingerprint density at radius 1 is 0.464 bits per heavy atom. The molecule has 125 heavy (non-hydrogen) atoms. The monoisotopic (exact) mass is 1700 g/mol. The van der Waals surface area contributed by atoms with Gasteiger partial charge in [0.05, 0.1) is 41.2 Å². The van der Waals surface area contributed by atoms with Crippen molar-refractivity contribution in [2.75, 3.05) is 61.3 Å². The summed E-state index contributed by atoms with van der Waals surface area (Å²) < 4.78 is 29.2. The maximum atomic E-state index is 12.4. The number of piperidine rings is 1. The summed E-state index contributed by atoms with van der Waals surface area (Å²) in [6.45, 7) is 14.3. The number of primary amides is 1.